The Hall–Kier alpha value is -0.570. The lowest BCUT2D eigenvalue weighted by molar-refractivity contribution is 0.917. The molecular weight excluding hydrogens is 150 g/mol. The summed E-state index contributed by atoms with van der Waals surface area (Å²) in [6.07, 6.45) is 0.872. The Bertz CT molecular complexity index is 207. The van der Waals surface area contributed by atoms with Crippen molar-refractivity contribution < 1.29 is 0 Å². The van der Waals surface area contributed by atoms with Gasteiger partial charge in [0.15, 0.2) is 5.82 Å². The van der Waals surface area contributed by atoms with Crippen molar-refractivity contribution in [1.29, 1.82) is 0 Å². The molecule has 0 aromatic carbocycles. The molecule has 1 aromatic heterocycles. The Morgan fingerprint density at radius 2 is 2.40 bits per heavy atom. The van der Waals surface area contributed by atoms with Crippen molar-refractivity contribution in [3.8, 4) is 0 Å². The third kappa shape index (κ3) is 1.48. The lowest BCUT2D eigenvalue weighted by atomic mass is 10.4. The number of aryl methyl sites for hydroxylation is 1. The minimum atomic E-state index is -0.100. The summed E-state index contributed by atoms with van der Waals surface area (Å²) in [7, 11) is 0. The average Bonchev–Trinajstić information content (AvgIpc) is 2.34. The summed E-state index contributed by atoms with van der Waals surface area (Å²) in [6, 6.07) is 0. The molecule has 1 rings (SSSR count). The smallest absolute Gasteiger partial charge is 0.168 e. The van der Waals surface area contributed by atoms with Crippen LogP contribution in [0.2, 0.25) is 0 Å². The normalized spacial score (nSPS) is 13.5. The summed E-state index contributed by atoms with van der Waals surface area (Å²) < 4.78 is 0. The van der Waals surface area contributed by atoms with E-state index in [-0.39, 0.29) is 5.38 Å². The first-order valence-electron chi connectivity index (χ1n) is 3.29. The first-order valence-corrected chi connectivity index (χ1v) is 3.73. The van der Waals surface area contributed by atoms with E-state index in [4.69, 9.17) is 11.6 Å². The fourth-order valence-corrected chi connectivity index (χ4v) is 0.744. The van der Waals surface area contributed by atoms with E-state index in [9.17, 15) is 0 Å². The molecule has 0 aliphatic carbocycles. The quantitative estimate of drug-likeness (QED) is 0.667. The van der Waals surface area contributed by atoms with E-state index in [2.05, 4.69) is 15.2 Å². The van der Waals surface area contributed by atoms with E-state index >= 15 is 0 Å². The highest BCUT2D eigenvalue weighted by atomic mass is 35.5. The van der Waals surface area contributed by atoms with Crippen LogP contribution in [0.25, 0.3) is 0 Å². The molecule has 1 atom stereocenters. The third-order valence-electron chi connectivity index (χ3n) is 1.24. The van der Waals surface area contributed by atoms with Crippen LogP contribution in [0.15, 0.2) is 0 Å². The highest BCUT2D eigenvalue weighted by molar-refractivity contribution is 6.20. The van der Waals surface area contributed by atoms with Crippen LogP contribution in [-0.2, 0) is 6.42 Å². The Kier molecular flexibility index (Phi) is 2.27. The highest BCUT2D eigenvalue weighted by Gasteiger charge is 2.06. The molecule has 1 heterocycles. The number of halogens is 1. The van der Waals surface area contributed by atoms with E-state index in [0.717, 1.165) is 12.2 Å². The first-order chi connectivity index (χ1) is 4.74. The number of hydrogen-bond donors (Lipinski definition) is 1. The minimum absolute atomic E-state index is 0.100. The SMILES string of the molecule is CCc1nc([C@H](C)Cl)n[nH]1. The molecule has 3 nitrogen and oxygen atoms in total. The topological polar surface area (TPSA) is 41.6 Å². The number of H-pyrrole nitrogens is 1. The molecule has 1 N–H and O–H groups in total. The second-order valence-corrected chi connectivity index (χ2v) is 2.76. The van der Waals surface area contributed by atoms with Crippen molar-refractivity contribution in [2.75, 3.05) is 0 Å². The van der Waals surface area contributed by atoms with Crippen LogP contribution in [0.3, 0.4) is 0 Å². The fraction of sp³-hybridized carbons (Fsp3) is 0.667. The zero-order chi connectivity index (χ0) is 7.56. The van der Waals surface area contributed by atoms with E-state index < -0.39 is 0 Å². The van der Waals surface area contributed by atoms with Gasteiger partial charge in [-0.1, -0.05) is 6.92 Å². The van der Waals surface area contributed by atoms with Crippen LogP contribution in [0.1, 0.15) is 30.9 Å². The van der Waals surface area contributed by atoms with Gasteiger partial charge in [0.25, 0.3) is 0 Å². The van der Waals surface area contributed by atoms with Gasteiger partial charge >= 0.3 is 0 Å². The molecule has 4 heteroatoms. The molecule has 0 aliphatic heterocycles. The van der Waals surface area contributed by atoms with Gasteiger partial charge in [0.2, 0.25) is 0 Å². The number of aromatic amines is 1. The summed E-state index contributed by atoms with van der Waals surface area (Å²) in [6.45, 7) is 3.87. The van der Waals surface area contributed by atoms with Gasteiger partial charge in [-0.15, -0.1) is 11.6 Å². The molecule has 0 bridgehead atoms. The molecule has 0 amide bonds. The predicted octanol–water partition coefficient (Wildman–Crippen LogP) is 1.67. The van der Waals surface area contributed by atoms with Crippen molar-refractivity contribution in [2.45, 2.75) is 25.6 Å². The largest absolute Gasteiger partial charge is 0.263 e. The van der Waals surface area contributed by atoms with Gasteiger partial charge < -0.3 is 0 Å². The first kappa shape index (κ1) is 7.54. The Morgan fingerprint density at radius 1 is 1.70 bits per heavy atom. The lowest BCUT2D eigenvalue weighted by Gasteiger charge is -1.90. The van der Waals surface area contributed by atoms with Crippen molar-refractivity contribution in [2.24, 2.45) is 0 Å². The summed E-state index contributed by atoms with van der Waals surface area (Å²) in [5.41, 5.74) is 0. The van der Waals surface area contributed by atoms with E-state index in [1.54, 1.807) is 0 Å². The number of nitrogens with one attached hydrogen (secondary N) is 1. The Morgan fingerprint density at radius 3 is 2.70 bits per heavy atom. The summed E-state index contributed by atoms with van der Waals surface area (Å²) in [4.78, 5) is 4.13. The van der Waals surface area contributed by atoms with E-state index in [1.165, 1.54) is 0 Å². The molecule has 0 radical (unpaired) electrons. The van der Waals surface area contributed by atoms with Crippen LogP contribution in [0, 0.1) is 0 Å². The van der Waals surface area contributed by atoms with Gasteiger partial charge in [0.05, 0.1) is 5.38 Å². The van der Waals surface area contributed by atoms with Crippen molar-refractivity contribution >= 4 is 11.6 Å². The maximum Gasteiger partial charge on any atom is 0.168 e. The highest BCUT2D eigenvalue weighted by Crippen LogP contribution is 2.13. The van der Waals surface area contributed by atoms with E-state index in [0.29, 0.717) is 5.82 Å². The molecule has 10 heavy (non-hydrogen) atoms. The van der Waals surface area contributed by atoms with Gasteiger partial charge in [0, 0.05) is 6.42 Å². The Labute approximate surface area is 64.8 Å². The maximum absolute atomic E-state index is 5.73. The van der Waals surface area contributed by atoms with Crippen molar-refractivity contribution in [3.05, 3.63) is 11.6 Å². The van der Waals surface area contributed by atoms with Gasteiger partial charge in [-0.3, -0.25) is 5.10 Å². The lowest BCUT2D eigenvalue weighted by Crippen LogP contribution is -1.87. The fourth-order valence-electron chi connectivity index (χ4n) is 0.646. The van der Waals surface area contributed by atoms with Crippen LogP contribution < -0.4 is 0 Å². The summed E-state index contributed by atoms with van der Waals surface area (Å²) >= 11 is 5.73. The second kappa shape index (κ2) is 3.01. The van der Waals surface area contributed by atoms with E-state index in [1.807, 2.05) is 13.8 Å². The van der Waals surface area contributed by atoms with Gasteiger partial charge in [-0.2, -0.15) is 5.10 Å². The molecule has 0 fully saturated rings. The van der Waals surface area contributed by atoms with Crippen molar-refractivity contribution in [1.82, 2.24) is 15.2 Å². The predicted molar refractivity (Wildman–Crippen MR) is 40.0 cm³/mol. The molecule has 1 aromatic rings. The minimum Gasteiger partial charge on any atom is -0.263 e. The van der Waals surface area contributed by atoms with Crippen LogP contribution in [-0.4, -0.2) is 15.2 Å². The number of hydrogen-bond acceptors (Lipinski definition) is 2. The zero-order valence-corrected chi connectivity index (χ0v) is 6.81. The molecule has 0 unspecified atom stereocenters. The average molecular weight is 160 g/mol. The van der Waals surface area contributed by atoms with Crippen molar-refractivity contribution in [3.63, 3.8) is 0 Å². The molecular formula is C6H10ClN3. The number of alkyl halides is 1. The number of aromatic nitrogens is 3. The molecule has 56 valence electrons. The van der Waals surface area contributed by atoms with Gasteiger partial charge in [0.1, 0.15) is 5.82 Å². The van der Waals surface area contributed by atoms with Gasteiger partial charge in [-0.05, 0) is 6.92 Å². The maximum atomic E-state index is 5.73. The molecule has 0 saturated heterocycles. The number of rotatable bonds is 2. The Balaban J connectivity index is 2.78. The second-order valence-electron chi connectivity index (χ2n) is 2.11. The number of nitrogens with zero attached hydrogens (tertiary/aromatic N) is 2. The third-order valence-corrected chi connectivity index (χ3v) is 1.43. The molecule has 0 aliphatic rings. The monoisotopic (exact) mass is 159 g/mol. The van der Waals surface area contributed by atoms with Crippen LogP contribution in [0.5, 0.6) is 0 Å². The standard InChI is InChI=1S/C6H10ClN3/c1-3-5-8-6(4(2)7)10-9-5/h4H,3H2,1-2H3,(H,8,9,10)/t4-/m0/s1. The molecule has 0 spiro atoms. The van der Waals surface area contributed by atoms with Crippen LogP contribution >= 0.6 is 11.6 Å². The molecule has 0 saturated carbocycles. The summed E-state index contributed by atoms with van der Waals surface area (Å²) in [5, 5.41) is 6.61. The van der Waals surface area contributed by atoms with Crippen LogP contribution in [0.4, 0.5) is 0 Å². The summed E-state index contributed by atoms with van der Waals surface area (Å²) in [5.74, 6) is 1.57. The zero-order valence-electron chi connectivity index (χ0n) is 6.06. The van der Waals surface area contributed by atoms with Gasteiger partial charge in [-0.25, -0.2) is 4.98 Å².